The van der Waals surface area contributed by atoms with Gasteiger partial charge in [-0.25, -0.2) is 4.57 Å². The molecule has 1 N–H and O–H groups in total. The third-order valence-corrected chi connectivity index (χ3v) is 22.3. The molecule has 2 atom stereocenters. The van der Waals surface area contributed by atoms with Crippen molar-refractivity contribution in [1.82, 2.24) is 0 Å². The Hall–Kier alpha value is -1.25. The van der Waals surface area contributed by atoms with Gasteiger partial charge in [0.15, 0.2) is 6.10 Å². The standard InChI is InChI=1S/C90H178NO8P/c1-6-8-10-12-14-16-18-20-22-24-26-28-30-32-34-36-38-40-42-44-45-47-49-51-53-55-57-59-61-63-65-67-69-71-73-75-77-79-81-83-90(93)99-88(87-98-100(94,95)97-85-84-91(3,4)5)86-96-89(92)82-80-78-76-74-72-70-68-66-64-62-60-58-56-54-52-50-48-46-43-41-39-37-35-33-31-29-27-25-23-21-19-17-15-13-11-9-7-2/h24,26,88H,6-23,25,27-87H2,1-5H3/p+1/b26-24-. The molecule has 0 bridgehead atoms. The molecule has 0 aromatic carbocycles. The summed E-state index contributed by atoms with van der Waals surface area (Å²) in [5.74, 6) is -0.763. The fourth-order valence-corrected chi connectivity index (χ4v) is 15.1. The number of ether oxygens (including phenoxy) is 2. The molecule has 0 rings (SSSR count). The molecule has 10 heteroatoms. The van der Waals surface area contributed by atoms with Crippen LogP contribution in [0.15, 0.2) is 12.2 Å². The smallest absolute Gasteiger partial charge is 0.462 e. The van der Waals surface area contributed by atoms with E-state index < -0.39 is 26.5 Å². The van der Waals surface area contributed by atoms with Gasteiger partial charge in [-0.1, -0.05) is 463 Å². The monoisotopic (exact) mass is 1430 g/mol. The minimum atomic E-state index is -4.39. The Morgan fingerprint density at radius 3 is 0.740 bits per heavy atom. The van der Waals surface area contributed by atoms with Gasteiger partial charge in [-0.05, 0) is 38.5 Å². The minimum Gasteiger partial charge on any atom is -0.462 e. The molecule has 596 valence electrons. The Bertz CT molecular complexity index is 1690. The van der Waals surface area contributed by atoms with Crippen LogP contribution < -0.4 is 0 Å². The van der Waals surface area contributed by atoms with E-state index in [0.29, 0.717) is 17.4 Å². The van der Waals surface area contributed by atoms with Crippen LogP contribution in [0.1, 0.15) is 502 Å². The first-order chi connectivity index (χ1) is 49.0. The van der Waals surface area contributed by atoms with Crippen LogP contribution in [0.2, 0.25) is 0 Å². The number of nitrogens with zero attached hydrogens (tertiary/aromatic N) is 1. The summed E-state index contributed by atoms with van der Waals surface area (Å²) in [6, 6.07) is 0. The lowest BCUT2D eigenvalue weighted by Crippen LogP contribution is -2.37. The molecule has 9 nitrogen and oxygen atoms in total. The molecule has 0 aromatic rings. The first-order valence-corrected chi connectivity index (χ1v) is 46.9. The van der Waals surface area contributed by atoms with Crippen LogP contribution in [0.4, 0.5) is 0 Å². The van der Waals surface area contributed by atoms with E-state index in [2.05, 4.69) is 26.0 Å². The summed E-state index contributed by atoms with van der Waals surface area (Å²) < 4.78 is 34.9. The van der Waals surface area contributed by atoms with Gasteiger partial charge < -0.3 is 18.9 Å². The molecule has 0 aliphatic rings. The molecule has 0 amide bonds. The third kappa shape index (κ3) is 85.7. The molecule has 0 spiro atoms. The first-order valence-electron chi connectivity index (χ1n) is 45.4. The van der Waals surface area contributed by atoms with E-state index in [4.69, 9.17) is 18.5 Å². The Morgan fingerprint density at radius 2 is 0.510 bits per heavy atom. The van der Waals surface area contributed by atoms with Crippen LogP contribution in [0, 0.1) is 0 Å². The van der Waals surface area contributed by atoms with E-state index in [1.165, 1.54) is 437 Å². The Balaban J connectivity index is 3.82. The summed E-state index contributed by atoms with van der Waals surface area (Å²) in [5.41, 5.74) is 0. The number of unbranched alkanes of at least 4 members (excludes halogenated alkanes) is 71. The second kappa shape index (κ2) is 81.8. The molecule has 0 radical (unpaired) electrons. The van der Waals surface area contributed by atoms with Gasteiger partial charge in [0.05, 0.1) is 27.7 Å². The van der Waals surface area contributed by atoms with E-state index in [0.717, 1.165) is 38.5 Å². The molecule has 0 aliphatic carbocycles. The highest BCUT2D eigenvalue weighted by molar-refractivity contribution is 7.47. The number of hydrogen-bond donors (Lipinski definition) is 1. The van der Waals surface area contributed by atoms with Gasteiger partial charge in [0.2, 0.25) is 0 Å². The van der Waals surface area contributed by atoms with E-state index in [1.54, 1.807) is 0 Å². The van der Waals surface area contributed by atoms with E-state index in [-0.39, 0.29) is 25.6 Å². The molecular formula is C90H179NO8P+. The van der Waals surface area contributed by atoms with Crippen molar-refractivity contribution in [2.24, 2.45) is 0 Å². The van der Waals surface area contributed by atoms with Gasteiger partial charge in [-0.3, -0.25) is 18.6 Å². The molecule has 100 heavy (non-hydrogen) atoms. The van der Waals surface area contributed by atoms with Crippen molar-refractivity contribution in [3.8, 4) is 0 Å². The predicted molar refractivity (Wildman–Crippen MR) is 437 cm³/mol. The predicted octanol–water partition coefficient (Wildman–Crippen LogP) is 30.5. The summed E-state index contributed by atoms with van der Waals surface area (Å²) in [6.07, 6.45) is 106. The van der Waals surface area contributed by atoms with Crippen molar-refractivity contribution in [1.29, 1.82) is 0 Å². The Kier molecular flexibility index (Phi) is 80.8. The van der Waals surface area contributed by atoms with E-state index in [1.807, 2.05) is 21.1 Å². The Labute approximate surface area is 626 Å². The van der Waals surface area contributed by atoms with Crippen molar-refractivity contribution < 1.29 is 42.1 Å². The van der Waals surface area contributed by atoms with Crippen LogP contribution in [-0.4, -0.2) is 74.9 Å². The van der Waals surface area contributed by atoms with Crippen LogP contribution in [0.25, 0.3) is 0 Å². The highest BCUT2D eigenvalue weighted by Crippen LogP contribution is 2.43. The maximum absolute atomic E-state index is 12.9. The zero-order chi connectivity index (χ0) is 72.5. The number of hydrogen-bond acceptors (Lipinski definition) is 7. The van der Waals surface area contributed by atoms with Crippen molar-refractivity contribution >= 4 is 19.8 Å². The average molecular weight is 1430 g/mol. The highest BCUT2D eigenvalue weighted by Gasteiger charge is 2.27. The number of phosphoric ester groups is 1. The number of quaternary nitrogens is 1. The summed E-state index contributed by atoms with van der Waals surface area (Å²) in [4.78, 5) is 36.1. The number of phosphoric acid groups is 1. The molecule has 0 heterocycles. The van der Waals surface area contributed by atoms with Gasteiger partial charge in [0.1, 0.15) is 19.8 Å². The summed E-state index contributed by atoms with van der Waals surface area (Å²) in [6.45, 7) is 4.54. The van der Waals surface area contributed by atoms with Gasteiger partial charge >= 0.3 is 19.8 Å². The molecule has 0 aliphatic heterocycles. The lowest BCUT2D eigenvalue weighted by atomic mass is 10.0. The van der Waals surface area contributed by atoms with Gasteiger partial charge in [0.25, 0.3) is 0 Å². The number of likely N-dealkylation sites (N-methyl/N-ethyl adjacent to an activating group) is 1. The van der Waals surface area contributed by atoms with Crippen molar-refractivity contribution in [3.63, 3.8) is 0 Å². The normalized spacial score (nSPS) is 12.9. The average Bonchev–Trinajstić information content (AvgIpc) is 1.07. The number of rotatable bonds is 87. The second-order valence-electron chi connectivity index (χ2n) is 32.7. The molecule has 0 saturated carbocycles. The summed E-state index contributed by atoms with van der Waals surface area (Å²) >= 11 is 0. The molecule has 2 unspecified atom stereocenters. The number of allylic oxidation sites excluding steroid dienone is 2. The SMILES string of the molecule is CCCCCCCCCC/C=C\CCCCCCCCCCCCCCCCCCCCCCCCCCCCCC(=O)OC(COC(=O)CCCCCCCCCCCCCCCCCCCCCCCCCCCCCCCCCCCCCCC)COP(=O)(O)OCC[N+](C)(C)C. The quantitative estimate of drug-likeness (QED) is 0.0211. The maximum Gasteiger partial charge on any atom is 0.472 e. The Morgan fingerprint density at radius 1 is 0.300 bits per heavy atom. The molecular weight excluding hydrogens is 1250 g/mol. The van der Waals surface area contributed by atoms with Gasteiger partial charge in [0, 0.05) is 12.8 Å². The fraction of sp³-hybridized carbons (Fsp3) is 0.956. The third-order valence-electron chi connectivity index (χ3n) is 21.3. The van der Waals surface area contributed by atoms with Crippen molar-refractivity contribution in [3.05, 3.63) is 12.2 Å². The minimum absolute atomic E-state index is 0.0373. The molecule has 0 fully saturated rings. The van der Waals surface area contributed by atoms with E-state index >= 15 is 0 Å². The molecule has 0 saturated heterocycles. The number of carbonyl (C=O) groups excluding carboxylic acids is 2. The van der Waals surface area contributed by atoms with Crippen LogP contribution in [-0.2, 0) is 32.7 Å². The fourth-order valence-electron chi connectivity index (χ4n) is 14.4. The van der Waals surface area contributed by atoms with Gasteiger partial charge in [-0.2, -0.15) is 0 Å². The number of esters is 2. The van der Waals surface area contributed by atoms with Crippen LogP contribution in [0.3, 0.4) is 0 Å². The summed E-state index contributed by atoms with van der Waals surface area (Å²) in [5, 5.41) is 0. The van der Waals surface area contributed by atoms with Crippen LogP contribution >= 0.6 is 7.82 Å². The zero-order valence-electron chi connectivity index (χ0n) is 68.5. The highest BCUT2D eigenvalue weighted by atomic mass is 31.2. The van der Waals surface area contributed by atoms with Crippen molar-refractivity contribution in [2.75, 3.05) is 47.5 Å². The topological polar surface area (TPSA) is 108 Å². The zero-order valence-corrected chi connectivity index (χ0v) is 69.4. The second-order valence-corrected chi connectivity index (χ2v) is 34.2. The van der Waals surface area contributed by atoms with Gasteiger partial charge in [-0.15, -0.1) is 0 Å². The first kappa shape index (κ1) is 98.8. The maximum atomic E-state index is 12.9. The summed E-state index contributed by atoms with van der Waals surface area (Å²) in [7, 11) is 1.51. The van der Waals surface area contributed by atoms with Crippen molar-refractivity contribution in [2.45, 2.75) is 508 Å². The lowest BCUT2D eigenvalue weighted by molar-refractivity contribution is -0.870. The lowest BCUT2D eigenvalue weighted by Gasteiger charge is -2.24. The largest absolute Gasteiger partial charge is 0.472 e. The van der Waals surface area contributed by atoms with E-state index in [9.17, 15) is 19.0 Å². The molecule has 0 aromatic heterocycles. The number of carbonyl (C=O) groups is 2. The van der Waals surface area contributed by atoms with Crippen LogP contribution in [0.5, 0.6) is 0 Å².